The van der Waals surface area contributed by atoms with Crippen LogP contribution in [0.3, 0.4) is 0 Å². The van der Waals surface area contributed by atoms with Gasteiger partial charge in [0.25, 0.3) is 5.91 Å². The Bertz CT molecular complexity index is 1480. The summed E-state index contributed by atoms with van der Waals surface area (Å²) in [5.41, 5.74) is 1.03. The number of likely N-dealkylation sites (tertiary alicyclic amines) is 1. The van der Waals surface area contributed by atoms with E-state index < -0.39 is 15.4 Å². The highest BCUT2D eigenvalue weighted by Gasteiger charge is 2.58. The van der Waals surface area contributed by atoms with Gasteiger partial charge >= 0.3 is 6.03 Å². The minimum Gasteiger partial charge on any atom is -0.316 e. The van der Waals surface area contributed by atoms with Gasteiger partial charge in [0.1, 0.15) is 5.54 Å². The van der Waals surface area contributed by atoms with E-state index in [1.165, 1.54) is 22.6 Å². The molecule has 10 heteroatoms. The largest absolute Gasteiger partial charge is 0.327 e. The van der Waals surface area contributed by atoms with Crippen LogP contribution >= 0.6 is 0 Å². The lowest BCUT2D eigenvalue weighted by atomic mass is 9.77. The maximum atomic E-state index is 14.3. The first-order chi connectivity index (χ1) is 21.1. The van der Waals surface area contributed by atoms with Crippen molar-refractivity contribution in [3.8, 4) is 0 Å². The number of nitrogens with zero attached hydrogens (tertiary/aromatic N) is 3. The van der Waals surface area contributed by atoms with Gasteiger partial charge in [0.2, 0.25) is 0 Å². The first-order valence-electron chi connectivity index (χ1n) is 16.1. The number of likely N-dealkylation sites (N-methyl/N-ethyl adjacent to an activating group) is 1. The van der Waals surface area contributed by atoms with E-state index in [2.05, 4.69) is 34.5 Å². The van der Waals surface area contributed by atoms with Crippen LogP contribution in [-0.2, 0) is 26.0 Å². The second-order valence-corrected chi connectivity index (χ2v) is 15.1. The third-order valence-corrected chi connectivity index (χ3v) is 11.7. The monoisotopic (exact) mass is 620 g/mol. The zero-order chi connectivity index (χ0) is 31.1. The lowest BCUT2D eigenvalue weighted by Gasteiger charge is -2.46. The first kappa shape index (κ1) is 30.9. The van der Waals surface area contributed by atoms with Crippen molar-refractivity contribution < 1.29 is 22.8 Å². The number of hydrogen-bond acceptors (Lipinski definition) is 7. The Hall–Kier alpha value is -3.08. The van der Waals surface area contributed by atoms with Gasteiger partial charge in [0, 0.05) is 56.7 Å². The van der Waals surface area contributed by atoms with Crippen LogP contribution in [0, 0.1) is 11.8 Å². The first-order valence-corrected chi connectivity index (χ1v) is 18.0. The Labute approximate surface area is 260 Å². The fraction of sp³-hybridized carbons (Fsp3) is 0.559. The summed E-state index contributed by atoms with van der Waals surface area (Å²) in [4.78, 5) is 47.5. The molecule has 44 heavy (non-hydrogen) atoms. The maximum absolute atomic E-state index is 14.3. The number of carbonyl (C=O) groups is 3. The number of rotatable bonds is 9. The van der Waals surface area contributed by atoms with E-state index in [1.807, 2.05) is 13.0 Å². The molecular formula is C34H44N4O5S. The number of urea groups is 1. The molecule has 0 radical (unpaired) electrons. The summed E-state index contributed by atoms with van der Waals surface area (Å²) < 4.78 is 23.8. The summed E-state index contributed by atoms with van der Waals surface area (Å²) in [5, 5.41) is 3.58. The van der Waals surface area contributed by atoms with Crippen molar-refractivity contribution in [2.24, 2.45) is 11.8 Å². The van der Waals surface area contributed by atoms with Crippen molar-refractivity contribution in [2.75, 3.05) is 39.0 Å². The summed E-state index contributed by atoms with van der Waals surface area (Å²) in [5.74, 6) is 0.648. The second-order valence-electron chi connectivity index (χ2n) is 13.1. The van der Waals surface area contributed by atoms with Crippen LogP contribution in [0.1, 0.15) is 62.5 Å². The summed E-state index contributed by atoms with van der Waals surface area (Å²) >= 11 is 0. The van der Waals surface area contributed by atoms with Gasteiger partial charge in [-0.3, -0.25) is 19.4 Å². The number of ketones is 1. The van der Waals surface area contributed by atoms with Gasteiger partial charge in [0.05, 0.1) is 17.5 Å². The molecule has 3 amide bonds. The molecule has 3 heterocycles. The third kappa shape index (κ3) is 5.61. The molecule has 4 fully saturated rings. The summed E-state index contributed by atoms with van der Waals surface area (Å²) in [7, 11) is -3.34. The molecule has 3 atom stereocenters. The van der Waals surface area contributed by atoms with Crippen LogP contribution in [0.4, 0.5) is 4.79 Å². The molecule has 3 aliphatic heterocycles. The SMILES string of the molecule is CCN1C(=O)N(Cc2ccc(S(C)(=O)=O)cc2)C(=O)C12CCN(C(C(=O)C1CCCC1)C1CNCC1c1ccccc1)CC2. The number of piperidine rings is 1. The van der Waals surface area contributed by atoms with Gasteiger partial charge < -0.3 is 10.2 Å². The van der Waals surface area contributed by atoms with Crippen LogP contribution in [0.5, 0.6) is 0 Å². The van der Waals surface area contributed by atoms with E-state index in [0.717, 1.165) is 45.0 Å². The molecule has 2 aromatic carbocycles. The number of amides is 3. The van der Waals surface area contributed by atoms with E-state index in [-0.39, 0.29) is 47.2 Å². The highest BCUT2D eigenvalue weighted by atomic mass is 32.2. The average molecular weight is 621 g/mol. The van der Waals surface area contributed by atoms with Crippen LogP contribution in [0.15, 0.2) is 59.5 Å². The van der Waals surface area contributed by atoms with Crippen molar-refractivity contribution in [1.29, 1.82) is 0 Å². The molecule has 6 rings (SSSR count). The lowest BCUT2D eigenvalue weighted by Crippen LogP contribution is -2.60. The zero-order valence-corrected chi connectivity index (χ0v) is 26.6. The fourth-order valence-corrected chi connectivity index (χ4v) is 8.88. The Morgan fingerprint density at radius 2 is 1.64 bits per heavy atom. The standard InChI is InChI=1S/C34H44N4O5S/c1-3-38-33(41)37(23-24-13-15-27(16-14-24)44(2,42)43)32(40)34(38)17-19-36(20-18-34)30(31(39)26-11-7-8-12-26)29-22-35-21-28(29)25-9-5-4-6-10-25/h4-6,9-10,13-16,26,28-30,35H,3,7-8,11-12,17-23H2,1-2H3. The van der Waals surface area contributed by atoms with Gasteiger partial charge in [-0.15, -0.1) is 0 Å². The molecule has 0 aromatic heterocycles. The molecule has 1 aliphatic carbocycles. The fourth-order valence-electron chi connectivity index (χ4n) is 8.25. The predicted octanol–water partition coefficient (Wildman–Crippen LogP) is 3.84. The molecule has 2 aromatic rings. The maximum Gasteiger partial charge on any atom is 0.327 e. The molecule has 3 unspecified atom stereocenters. The topological polar surface area (TPSA) is 107 Å². The number of Topliss-reactive ketones (excluding diaryl/α,β-unsaturated/α-hetero) is 1. The van der Waals surface area contributed by atoms with Crippen molar-refractivity contribution in [3.05, 3.63) is 65.7 Å². The molecule has 1 saturated carbocycles. The van der Waals surface area contributed by atoms with Crippen LogP contribution < -0.4 is 5.32 Å². The normalized spacial score (nSPS) is 25.3. The Morgan fingerprint density at radius 3 is 2.25 bits per heavy atom. The molecule has 4 aliphatic rings. The van der Waals surface area contributed by atoms with Crippen LogP contribution in [0.2, 0.25) is 0 Å². The smallest absolute Gasteiger partial charge is 0.316 e. The molecule has 236 valence electrons. The van der Waals surface area contributed by atoms with E-state index in [1.54, 1.807) is 17.0 Å². The van der Waals surface area contributed by atoms with Crippen LogP contribution in [-0.4, -0.2) is 91.4 Å². The molecular weight excluding hydrogens is 576 g/mol. The number of carbonyl (C=O) groups excluding carboxylic acids is 3. The quantitative estimate of drug-likeness (QED) is 0.425. The Balaban J connectivity index is 1.23. The highest BCUT2D eigenvalue weighted by molar-refractivity contribution is 7.90. The predicted molar refractivity (Wildman–Crippen MR) is 168 cm³/mol. The summed E-state index contributed by atoms with van der Waals surface area (Å²) in [6.45, 7) is 5.21. The summed E-state index contributed by atoms with van der Waals surface area (Å²) in [6, 6.07) is 16.3. The molecule has 1 spiro atoms. The number of benzene rings is 2. The van der Waals surface area contributed by atoms with Gasteiger partial charge in [-0.2, -0.15) is 0 Å². The van der Waals surface area contributed by atoms with Crippen LogP contribution in [0.25, 0.3) is 0 Å². The lowest BCUT2D eigenvalue weighted by molar-refractivity contribution is -0.138. The average Bonchev–Trinajstić information content (AvgIpc) is 3.77. The molecule has 1 N–H and O–H groups in total. The number of nitrogens with one attached hydrogen (secondary N) is 1. The third-order valence-electron chi connectivity index (χ3n) is 10.6. The summed E-state index contributed by atoms with van der Waals surface area (Å²) in [6.07, 6.45) is 6.25. The zero-order valence-electron chi connectivity index (χ0n) is 25.8. The van der Waals surface area contributed by atoms with Gasteiger partial charge in [0.15, 0.2) is 15.6 Å². The number of sulfone groups is 1. The number of hydrogen-bond donors (Lipinski definition) is 1. The van der Waals surface area contributed by atoms with E-state index in [4.69, 9.17) is 0 Å². The molecule has 9 nitrogen and oxygen atoms in total. The van der Waals surface area contributed by atoms with Gasteiger partial charge in [-0.25, -0.2) is 13.2 Å². The Morgan fingerprint density at radius 1 is 0.977 bits per heavy atom. The minimum atomic E-state index is -3.34. The highest BCUT2D eigenvalue weighted by Crippen LogP contribution is 2.42. The van der Waals surface area contributed by atoms with E-state index in [9.17, 15) is 22.8 Å². The minimum absolute atomic E-state index is 0.0962. The van der Waals surface area contributed by atoms with E-state index >= 15 is 0 Å². The molecule has 3 saturated heterocycles. The van der Waals surface area contributed by atoms with Gasteiger partial charge in [-0.1, -0.05) is 55.3 Å². The van der Waals surface area contributed by atoms with Gasteiger partial charge in [-0.05, 0) is 55.9 Å². The molecule has 0 bridgehead atoms. The Kier molecular flexibility index (Phi) is 8.69. The second kappa shape index (κ2) is 12.4. The van der Waals surface area contributed by atoms with Crippen molar-refractivity contribution >= 4 is 27.6 Å². The van der Waals surface area contributed by atoms with Crippen molar-refractivity contribution in [3.63, 3.8) is 0 Å². The van der Waals surface area contributed by atoms with Crippen molar-refractivity contribution in [2.45, 2.75) is 74.4 Å². The van der Waals surface area contributed by atoms with E-state index in [0.29, 0.717) is 43.8 Å². The van der Waals surface area contributed by atoms with Crippen molar-refractivity contribution in [1.82, 2.24) is 20.0 Å². The number of imide groups is 1.